The second-order valence-corrected chi connectivity index (χ2v) is 4.95. The third-order valence-electron chi connectivity index (χ3n) is 2.34. The SMILES string of the molecule is Cc1cc(C(C)C)cc(N(C)S(=O)[O-])c1. The standard InChI is InChI=1S/C11H17NO2S/c1-8(2)10-5-9(3)6-11(7-10)12(4)15(13)14/h5-8H,1-4H3,(H,13,14)/p-1. The minimum atomic E-state index is -2.21. The Balaban J connectivity index is 3.14. The maximum Gasteiger partial charge on any atom is 0.0484 e. The summed E-state index contributed by atoms with van der Waals surface area (Å²) in [6, 6.07) is 5.85. The maximum atomic E-state index is 10.8. The predicted octanol–water partition coefficient (Wildman–Crippen LogP) is 2.35. The smallest absolute Gasteiger partial charge is 0.0484 e. The van der Waals surface area contributed by atoms with Crippen LogP contribution in [0.2, 0.25) is 0 Å². The van der Waals surface area contributed by atoms with E-state index in [1.54, 1.807) is 7.05 Å². The van der Waals surface area contributed by atoms with E-state index in [0.29, 0.717) is 11.6 Å². The fraction of sp³-hybridized carbons (Fsp3) is 0.455. The largest absolute Gasteiger partial charge is 0.755 e. The van der Waals surface area contributed by atoms with Gasteiger partial charge in [-0.1, -0.05) is 19.9 Å². The van der Waals surface area contributed by atoms with Crippen molar-refractivity contribution in [3.63, 3.8) is 0 Å². The van der Waals surface area contributed by atoms with E-state index >= 15 is 0 Å². The number of aryl methyl sites for hydroxylation is 1. The van der Waals surface area contributed by atoms with Gasteiger partial charge in [0.15, 0.2) is 0 Å². The predicted molar refractivity (Wildman–Crippen MR) is 62.6 cm³/mol. The molecule has 15 heavy (non-hydrogen) atoms. The number of hydrogen-bond acceptors (Lipinski definition) is 2. The normalized spacial score (nSPS) is 12.9. The van der Waals surface area contributed by atoms with Crippen molar-refractivity contribution in [1.82, 2.24) is 0 Å². The van der Waals surface area contributed by atoms with Crippen LogP contribution in [0.3, 0.4) is 0 Å². The van der Waals surface area contributed by atoms with Gasteiger partial charge in [0.1, 0.15) is 0 Å². The zero-order valence-electron chi connectivity index (χ0n) is 9.48. The van der Waals surface area contributed by atoms with Crippen molar-refractivity contribution in [1.29, 1.82) is 0 Å². The molecule has 0 saturated heterocycles. The van der Waals surface area contributed by atoms with E-state index in [1.165, 1.54) is 4.31 Å². The van der Waals surface area contributed by atoms with E-state index in [1.807, 2.05) is 19.1 Å². The Morgan fingerprint density at radius 2 is 1.93 bits per heavy atom. The highest BCUT2D eigenvalue weighted by Gasteiger charge is 2.06. The number of hydrogen-bond donors (Lipinski definition) is 0. The van der Waals surface area contributed by atoms with E-state index in [0.717, 1.165) is 11.1 Å². The van der Waals surface area contributed by atoms with Gasteiger partial charge in [0.2, 0.25) is 0 Å². The van der Waals surface area contributed by atoms with Crippen molar-refractivity contribution >= 4 is 17.0 Å². The number of rotatable bonds is 3. The molecule has 0 saturated carbocycles. The molecule has 1 aromatic rings. The monoisotopic (exact) mass is 226 g/mol. The minimum Gasteiger partial charge on any atom is -0.755 e. The van der Waals surface area contributed by atoms with Gasteiger partial charge in [0.25, 0.3) is 0 Å². The Bertz CT molecular complexity index is 377. The van der Waals surface area contributed by atoms with Crippen LogP contribution in [0.25, 0.3) is 0 Å². The van der Waals surface area contributed by atoms with E-state index in [-0.39, 0.29) is 0 Å². The van der Waals surface area contributed by atoms with E-state index < -0.39 is 11.3 Å². The lowest BCUT2D eigenvalue weighted by atomic mass is 10.0. The zero-order chi connectivity index (χ0) is 11.6. The van der Waals surface area contributed by atoms with Crippen molar-refractivity contribution in [2.45, 2.75) is 26.7 Å². The van der Waals surface area contributed by atoms with Crippen molar-refractivity contribution in [2.24, 2.45) is 0 Å². The first kappa shape index (κ1) is 12.2. The topological polar surface area (TPSA) is 43.4 Å². The Labute approximate surface area is 93.5 Å². The highest BCUT2D eigenvalue weighted by molar-refractivity contribution is 7.80. The summed E-state index contributed by atoms with van der Waals surface area (Å²) in [5, 5.41) is 0. The van der Waals surface area contributed by atoms with Crippen LogP contribution in [0.4, 0.5) is 5.69 Å². The molecule has 1 aromatic carbocycles. The zero-order valence-corrected chi connectivity index (χ0v) is 10.3. The molecule has 84 valence electrons. The van der Waals surface area contributed by atoms with E-state index in [9.17, 15) is 8.76 Å². The lowest BCUT2D eigenvalue weighted by Gasteiger charge is -2.23. The fourth-order valence-corrected chi connectivity index (χ4v) is 1.67. The van der Waals surface area contributed by atoms with Crippen LogP contribution in [-0.2, 0) is 11.3 Å². The first-order valence-electron chi connectivity index (χ1n) is 4.86. The summed E-state index contributed by atoms with van der Waals surface area (Å²) in [5.41, 5.74) is 2.95. The maximum absolute atomic E-state index is 10.8. The molecule has 0 aliphatic heterocycles. The van der Waals surface area contributed by atoms with E-state index in [4.69, 9.17) is 0 Å². The summed E-state index contributed by atoms with van der Waals surface area (Å²) in [4.78, 5) is 0. The van der Waals surface area contributed by atoms with Gasteiger partial charge >= 0.3 is 0 Å². The summed E-state index contributed by atoms with van der Waals surface area (Å²) in [6.45, 7) is 6.15. The van der Waals surface area contributed by atoms with Crippen LogP contribution in [0.5, 0.6) is 0 Å². The third-order valence-corrected chi connectivity index (χ3v) is 3.00. The summed E-state index contributed by atoms with van der Waals surface area (Å²) >= 11 is -2.21. The van der Waals surface area contributed by atoms with Gasteiger partial charge in [0.05, 0.1) is 0 Å². The molecular weight excluding hydrogens is 210 g/mol. The van der Waals surface area contributed by atoms with Gasteiger partial charge in [-0.2, -0.15) is 0 Å². The Morgan fingerprint density at radius 3 is 2.40 bits per heavy atom. The number of nitrogens with zero attached hydrogens (tertiary/aromatic N) is 1. The van der Waals surface area contributed by atoms with Gasteiger partial charge < -0.3 is 8.86 Å². The average molecular weight is 226 g/mol. The molecule has 0 aliphatic rings. The molecule has 1 unspecified atom stereocenters. The van der Waals surface area contributed by atoms with E-state index in [2.05, 4.69) is 19.9 Å². The first-order chi connectivity index (χ1) is 6.91. The first-order valence-corrected chi connectivity index (χ1v) is 5.89. The Kier molecular flexibility index (Phi) is 3.88. The second-order valence-electron chi connectivity index (χ2n) is 3.97. The third kappa shape index (κ3) is 3.04. The summed E-state index contributed by atoms with van der Waals surface area (Å²) in [5.74, 6) is 0.400. The molecule has 0 aromatic heterocycles. The number of benzene rings is 1. The van der Waals surface area contributed by atoms with Gasteiger partial charge in [-0.25, -0.2) is 0 Å². The minimum absolute atomic E-state index is 0.400. The van der Waals surface area contributed by atoms with Crippen LogP contribution in [0.1, 0.15) is 30.9 Å². The number of anilines is 1. The molecular formula is C11H16NO2S-. The van der Waals surface area contributed by atoms with Gasteiger partial charge in [-0.3, -0.25) is 4.21 Å². The Morgan fingerprint density at radius 1 is 1.33 bits per heavy atom. The molecule has 0 spiro atoms. The second kappa shape index (κ2) is 4.77. The molecule has 1 atom stereocenters. The van der Waals surface area contributed by atoms with Crippen LogP contribution >= 0.6 is 0 Å². The average Bonchev–Trinajstić information content (AvgIpc) is 2.15. The summed E-state index contributed by atoms with van der Waals surface area (Å²) in [7, 11) is 1.54. The molecule has 0 amide bonds. The quantitative estimate of drug-likeness (QED) is 0.742. The van der Waals surface area contributed by atoms with Gasteiger partial charge in [0, 0.05) is 24.0 Å². The van der Waals surface area contributed by atoms with Crippen LogP contribution in [0, 0.1) is 6.92 Å². The van der Waals surface area contributed by atoms with Crippen molar-refractivity contribution < 1.29 is 8.76 Å². The molecule has 0 heterocycles. The fourth-order valence-electron chi connectivity index (χ4n) is 1.39. The summed E-state index contributed by atoms with van der Waals surface area (Å²) in [6.07, 6.45) is 0. The molecule has 4 heteroatoms. The Hall–Kier alpha value is -0.870. The highest BCUT2D eigenvalue weighted by Crippen LogP contribution is 2.23. The highest BCUT2D eigenvalue weighted by atomic mass is 32.2. The van der Waals surface area contributed by atoms with Crippen LogP contribution in [-0.4, -0.2) is 15.8 Å². The molecule has 0 N–H and O–H groups in total. The van der Waals surface area contributed by atoms with Gasteiger partial charge in [-0.15, -0.1) is 0 Å². The molecule has 1 rings (SSSR count). The summed E-state index contributed by atoms with van der Waals surface area (Å²) < 4.78 is 22.9. The molecule has 0 bridgehead atoms. The lowest BCUT2D eigenvalue weighted by molar-refractivity contribution is 0.535. The van der Waals surface area contributed by atoms with Crippen molar-refractivity contribution in [3.05, 3.63) is 29.3 Å². The van der Waals surface area contributed by atoms with Gasteiger partial charge in [-0.05, 0) is 36.1 Å². The molecule has 0 aliphatic carbocycles. The molecule has 3 nitrogen and oxygen atoms in total. The lowest BCUT2D eigenvalue weighted by Crippen LogP contribution is -2.19. The van der Waals surface area contributed by atoms with Crippen molar-refractivity contribution in [3.8, 4) is 0 Å². The van der Waals surface area contributed by atoms with Crippen LogP contribution < -0.4 is 4.31 Å². The molecule has 0 radical (unpaired) electrons. The van der Waals surface area contributed by atoms with Crippen molar-refractivity contribution in [2.75, 3.05) is 11.4 Å². The van der Waals surface area contributed by atoms with Crippen LogP contribution in [0.15, 0.2) is 18.2 Å². The molecule has 0 fully saturated rings.